The molecule has 0 N–H and O–H groups in total. The third-order valence-electron chi connectivity index (χ3n) is 11.7. The van der Waals surface area contributed by atoms with Gasteiger partial charge in [0.2, 0.25) is 0 Å². The second kappa shape index (κ2) is 12.5. The Kier molecular flexibility index (Phi) is 7.17. The van der Waals surface area contributed by atoms with Crippen molar-refractivity contribution >= 4 is 27.4 Å². The van der Waals surface area contributed by atoms with Crippen LogP contribution in [0.25, 0.3) is 50.1 Å². The fourth-order valence-electron chi connectivity index (χ4n) is 9.42. The number of allylic oxidation sites excluding steroid dienone is 4. The lowest BCUT2D eigenvalue weighted by molar-refractivity contribution is 0.641. The van der Waals surface area contributed by atoms with Crippen molar-refractivity contribution in [3.8, 4) is 22.8 Å². The zero-order valence-corrected chi connectivity index (χ0v) is 30.1. The minimum atomic E-state index is -0.430. The van der Waals surface area contributed by atoms with E-state index in [0.717, 1.165) is 35.0 Å². The van der Waals surface area contributed by atoms with Crippen LogP contribution in [-0.4, -0.2) is 19.3 Å². The normalized spacial score (nSPS) is 15.7. The molecule has 0 radical (unpaired) electrons. The van der Waals surface area contributed by atoms with Gasteiger partial charge in [0.15, 0.2) is 5.82 Å². The molecule has 0 saturated heterocycles. The quantitative estimate of drug-likeness (QED) is 0.173. The number of hydrogen-bond acceptors (Lipinski definition) is 2. The van der Waals surface area contributed by atoms with E-state index in [1.807, 2.05) is 0 Å². The molecule has 0 amide bonds. The molecular formula is C51H36N4. The van der Waals surface area contributed by atoms with E-state index in [-0.39, 0.29) is 5.92 Å². The summed E-state index contributed by atoms with van der Waals surface area (Å²) in [7, 11) is 0. The number of aromatic nitrogens is 4. The first-order valence-corrected chi connectivity index (χ1v) is 19.0. The molecule has 0 aliphatic heterocycles. The summed E-state index contributed by atoms with van der Waals surface area (Å²) in [5.74, 6) is 1.76. The van der Waals surface area contributed by atoms with Gasteiger partial charge >= 0.3 is 0 Å². The molecule has 2 aliphatic rings. The Balaban J connectivity index is 1.04. The first-order valence-electron chi connectivity index (χ1n) is 19.0. The van der Waals surface area contributed by atoms with Crippen LogP contribution in [0.1, 0.15) is 40.4 Å². The molecule has 2 aromatic heterocycles. The van der Waals surface area contributed by atoms with Crippen LogP contribution in [0.5, 0.6) is 0 Å². The molecule has 4 heteroatoms. The Morgan fingerprint density at radius 2 is 1.04 bits per heavy atom. The van der Waals surface area contributed by atoms with E-state index in [1.54, 1.807) is 0 Å². The maximum Gasteiger partial charge on any atom is 0.168 e. The molecule has 260 valence electrons. The average molecular weight is 705 g/mol. The second-order valence-corrected chi connectivity index (χ2v) is 14.6. The van der Waals surface area contributed by atoms with Crippen molar-refractivity contribution in [3.63, 3.8) is 0 Å². The standard InChI is InChI=1S/C51H36N4/c1-4-16-37(17-5-1)51(38-18-6-2-7-19-38)45-25-13-10-22-41(45)42-33-30-36(34-46(42)51)50-53-52-49(55(50)39-20-8-3-9-21-39)35-28-31-40(32-29-35)54-47-26-14-11-23-43(47)44-24-12-15-27-48(44)54/h1-33,36H,34H2. The van der Waals surface area contributed by atoms with Gasteiger partial charge in [0.05, 0.1) is 16.4 Å². The molecule has 1 unspecified atom stereocenters. The van der Waals surface area contributed by atoms with E-state index in [9.17, 15) is 0 Å². The lowest BCUT2D eigenvalue weighted by atomic mass is 9.64. The molecule has 0 saturated carbocycles. The van der Waals surface area contributed by atoms with Gasteiger partial charge in [-0.3, -0.25) is 4.57 Å². The molecule has 2 heterocycles. The molecule has 2 aliphatic carbocycles. The van der Waals surface area contributed by atoms with Crippen LogP contribution in [0.2, 0.25) is 0 Å². The summed E-state index contributed by atoms with van der Waals surface area (Å²) in [6.07, 6.45) is 5.50. The van der Waals surface area contributed by atoms with Crippen LogP contribution in [0.15, 0.2) is 206 Å². The summed E-state index contributed by atoms with van der Waals surface area (Å²) in [4.78, 5) is 0. The maximum absolute atomic E-state index is 5.04. The molecule has 4 nitrogen and oxygen atoms in total. The summed E-state index contributed by atoms with van der Waals surface area (Å²) in [5, 5.41) is 12.5. The van der Waals surface area contributed by atoms with Crippen LogP contribution in [0, 0.1) is 0 Å². The number of nitrogens with zero attached hydrogens (tertiary/aromatic N) is 4. The molecule has 1 atom stereocenters. The van der Waals surface area contributed by atoms with Crippen molar-refractivity contribution < 1.29 is 0 Å². The van der Waals surface area contributed by atoms with Crippen LogP contribution in [0.3, 0.4) is 0 Å². The maximum atomic E-state index is 5.04. The van der Waals surface area contributed by atoms with Crippen LogP contribution < -0.4 is 0 Å². The Bertz CT molecular complexity index is 2840. The van der Waals surface area contributed by atoms with Crippen molar-refractivity contribution in [3.05, 3.63) is 234 Å². The van der Waals surface area contributed by atoms with E-state index >= 15 is 0 Å². The predicted octanol–water partition coefficient (Wildman–Crippen LogP) is 11.9. The Hall–Kier alpha value is -7.04. The highest BCUT2D eigenvalue weighted by atomic mass is 15.3. The van der Waals surface area contributed by atoms with Gasteiger partial charge in [0, 0.05) is 33.6 Å². The monoisotopic (exact) mass is 704 g/mol. The van der Waals surface area contributed by atoms with Gasteiger partial charge in [-0.2, -0.15) is 0 Å². The fraction of sp³-hybridized carbons (Fsp3) is 0.0588. The second-order valence-electron chi connectivity index (χ2n) is 14.6. The number of fused-ring (bicyclic) bond motifs is 5. The van der Waals surface area contributed by atoms with E-state index in [0.29, 0.717) is 0 Å². The minimum absolute atomic E-state index is 0.00167. The van der Waals surface area contributed by atoms with Gasteiger partial charge in [-0.15, -0.1) is 10.2 Å². The van der Waals surface area contributed by atoms with Crippen LogP contribution in [-0.2, 0) is 5.41 Å². The van der Waals surface area contributed by atoms with Crippen LogP contribution in [0.4, 0.5) is 0 Å². The fourth-order valence-corrected chi connectivity index (χ4v) is 9.42. The molecule has 11 rings (SSSR count). The lowest BCUT2D eigenvalue weighted by Crippen LogP contribution is -2.31. The molecule has 0 fully saturated rings. The zero-order chi connectivity index (χ0) is 36.3. The summed E-state index contributed by atoms with van der Waals surface area (Å²) in [6.45, 7) is 0. The summed E-state index contributed by atoms with van der Waals surface area (Å²) < 4.78 is 4.62. The topological polar surface area (TPSA) is 35.6 Å². The first-order chi connectivity index (χ1) is 27.3. The van der Waals surface area contributed by atoms with Gasteiger partial charge in [-0.25, -0.2) is 0 Å². The smallest absolute Gasteiger partial charge is 0.168 e. The number of hydrogen-bond donors (Lipinski definition) is 0. The third kappa shape index (κ3) is 4.71. The lowest BCUT2D eigenvalue weighted by Gasteiger charge is -2.37. The summed E-state index contributed by atoms with van der Waals surface area (Å²) in [6, 6.07) is 67.7. The molecule has 7 aromatic carbocycles. The van der Waals surface area contributed by atoms with E-state index in [4.69, 9.17) is 10.2 Å². The summed E-state index contributed by atoms with van der Waals surface area (Å²) >= 11 is 0. The predicted molar refractivity (Wildman–Crippen MR) is 224 cm³/mol. The number of rotatable bonds is 6. The zero-order valence-electron chi connectivity index (χ0n) is 30.1. The largest absolute Gasteiger partial charge is 0.309 e. The highest BCUT2D eigenvalue weighted by Gasteiger charge is 2.48. The molecule has 0 spiro atoms. The Labute approximate surface area is 320 Å². The van der Waals surface area contributed by atoms with Crippen molar-refractivity contribution in [1.29, 1.82) is 0 Å². The summed E-state index contributed by atoms with van der Waals surface area (Å²) in [5.41, 5.74) is 13.0. The molecule has 55 heavy (non-hydrogen) atoms. The van der Waals surface area contributed by atoms with Crippen molar-refractivity contribution in [1.82, 2.24) is 19.3 Å². The average Bonchev–Trinajstić information content (AvgIpc) is 3.94. The van der Waals surface area contributed by atoms with Crippen LogP contribution >= 0.6 is 0 Å². The van der Waals surface area contributed by atoms with E-state index in [1.165, 1.54) is 55.2 Å². The Morgan fingerprint density at radius 1 is 0.491 bits per heavy atom. The highest BCUT2D eigenvalue weighted by molar-refractivity contribution is 6.09. The highest BCUT2D eigenvalue weighted by Crippen LogP contribution is 2.58. The minimum Gasteiger partial charge on any atom is -0.309 e. The Morgan fingerprint density at radius 3 is 1.69 bits per heavy atom. The van der Waals surface area contributed by atoms with Gasteiger partial charge in [0.25, 0.3) is 0 Å². The molecule has 0 bridgehead atoms. The van der Waals surface area contributed by atoms with Gasteiger partial charge in [0.1, 0.15) is 5.82 Å². The van der Waals surface area contributed by atoms with Crippen molar-refractivity contribution in [2.45, 2.75) is 17.8 Å². The third-order valence-corrected chi connectivity index (χ3v) is 11.7. The number of para-hydroxylation sites is 3. The first kappa shape index (κ1) is 31.5. The van der Waals surface area contributed by atoms with Gasteiger partial charge in [-0.1, -0.05) is 152 Å². The van der Waals surface area contributed by atoms with Gasteiger partial charge < -0.3 is 4.57 Å². The van der Waals surface area contributed by atoms with Crippen molar-refractivity contribution in [2.24, 2.45) is 0 Å². The SMILES string of the molecule is C1=CC(c2nnc(-c3ccc(-n4c5ccccc5c5ccccc54)cc3)n2-c2ccccc2)CC2=C1c1ccccc1C2(c1ccccc1)c1ccccc1. The molecular weight excluding hydrogens is 669 g/mol. The molecule has 9 aromatic rings. The van der Waals surface area contributed by atoms with E-state index in [2.05, 4.69) is 209 Å². The van der Waals surface area contributed by atoms with E-state index < -0.39 is 5.41 Å². The van der Waals surface area contributed by atoms with Crippen molar-refractivity contribution in [2.75, 3.05) is 0 Å². The van der Waals surface area contributed by atoms with Gasteiger partial charge in [-0.05, 0) is 88.4 Å². The number of benzene rings is 7.